The van der Waals surface area contributed by atoms with Crippen LogP contribution in [0, 0.1) is 5.82 Å². The molecule has 0 aliphatic carbocycles. The smallest absolute Gasteiger partial charge is 0.373 e. The Balaban J connectivity index is 1.80. The maximum atomic E-state index is 14.2. The lowest BCUT2D eigenvalue weighted by Crippen LogP contribution is -2.43. The van der Waals surface area contributed by atoms with Gasteiger partial charge in [0.25, 0.3) is 0 Å². The SMILES string of the molecule is COC(=O)C(C[C@@H](Cc1ccc(-c2cc(Cl)ccc2F)cc1)NB(C)O)c1ccccn1. The van der Waals surface area contributed by atoms with E-state index >= 15 is 0 Å². The molecule has 5 nitrogen and oxygen atoms in total. The highest BCUT2D eigenvalue weighted by molar-refractivity contribution is 6.45. The van der Waals surface area contributed by atoms with Gasteiger partial charge in [0, 0.05) is 22.8 Å². The van der Waals surface area contributed by atoms with Crippen molar-refractivity contribution in [3.63, 3.8) is 0 Å². The monoisotopic (exact) mass is 454 g/mol. The van der Waals surface area contributed by atoms with Crippen molar-refractivity contribution in [2.45, 2.75) is 31.6 Å². The number of pyridine rings is 1. The Morgan fingerprint density at radius 2 is 1.97 bits per heavy atom. The number of hydrogen-bond donors (Lipinski definition) is 2. The second-order valence-corrected chi connectivity index (χ2v) is 8.07. The van der Waals surface area contributed by atoms with Crippen molar-refractivity contribution in [2.24, 2.45) is 0 Å². The number of benzene rings is 2. The van der Waals surface area contributed by atoms with Crippen LogP contribution in [0.4, 0.5) is 4.39 Å². The molecule has 0 radical (unpaired) electrons. The molecule has 32 heavy (non-hydrogen) atoms. The van der Waals surface area contributed by atoms with Crippen molar-refractivity contribution < 1.29 is 18.9 Å². The third-order valence-corrected chi connectivity index (χ3v) is 5.44. The molecule has 166 valence electrons. The van der Waals surface area contributed by atoms with Gasteiger partial charge >= 0.3 is 13.0 Å². The van der Waals surface area contributed by atoms with Gasteiger partial charge in [-0.1, -0.05) is 41.9 Å². The van der Waals surface area contributed by atoms with E-state index in [9.17, 15) is 14.2 Å². The summed E-state index contributed by atoms with van der Waals surface area (Å²) < 4.78 is 19.2. The Morgan fingerprint density at radius 1 is 1.22 bits per heavy atom. The molecule has 3 rings (SSSR count). The van der Waals surface area contributed by atoms with Crippen LogP contribution in [-0.4, -0.2) is 36.2 Å². The Labute approximate surface area is 192 Å². The number of nitrogens with zero attached hydrogens (tertiary/aromatic N) is 1. The van der Waals surface area contributed by atoms with Gasteiger partial charge in [-0.25, -0.2) is 4.39 Å². The number of rotatable bonds is 9. The molecule has 0 fully saturated rings. The van der Waals surface area contributed by atoms with E-state index in [-0.39, 0.29) is 17.8 Å². The van der Waals surface area contributed by atoms with Crippen LogP contribution in [0.5, 0.6) is 0 Å². The lowest BCUT2D eigenvalue weighted by atomic mass is 9.83. The number of halogens is 2. The second-order valence-electron chi connectivity index (χ2n) is 7.63. The molecule has 2 aromatic carbocycles. The van der Waals surface area contributed by atoms with Crippen molar-refractivity contribution in [1.29, 1.82) is 0 Å². The van der Waals surface area contributed by atoms with Crippen LogP contribution in [0.3, 0.4) is 0 Å². The number of carbonyl (C=O) groups is 1. The summed E-state index contributed by atoms with van der Waals surface area (Å²) in [7, 11) is 0.588. The summed E-state index contributed by atoms with van der Waals surface area (Å²) in [5.41, 5.74) is 2.74. The number of ether oxygens (including phenoxy) is 1. The van der Waals surface area contributed by atoms with Crippen LogP contribution in [0.1, 0.15) is 23.6 Å². The van der Waals surface area contributed by atoms with Gasteiger partial charge in [-0.05, 0) is 61.1 Å². The standard InChI is InChI=1S/C24H25BClFN2O3/c1-25(31)29-19(15-21(24(30)32-2)23-5-3-4-12-28-23)13-16-6-8-17(9-7-16)20-14-18(26)10-11-22(20)27/h3-12,14,19,21,29,31H,13,15H2,1-2H3/t19-,21?/m1/s1. The molecule has 2 atom stereocenters. The van der Waals surface area contributed by atoms with E-state index in [4.69, 9.17) is 16.3 Å². The Kier molecular flexibility index (Phi) is 8.39. The zero-order chi connectivity index (χ0) is 23.1. The lowest BCUT2D eigenvalue weighted by molar-refractivity contribution is -0.142. The first-order chi connectivity index (χ1) is 15.4. The second kappa shape index (κ2) is 11.2. The van der Waals surface area contributed by atoms with Gasteiger partial charge in [-0.15, -0.1) is 0 Å². The quantitative estimate of drug-likeness (QED) is 0.368. The van der Waals surface area contributed by atoms with Gasteiger partial charge < -0.3 is 15.0 Å². The third kappa shape index (κ3) is 6.39. The Bertz CT molecular complexity index is 1040. The lowest BCUT2D eigenvalue weighted by Gasteiger charge is -2.24. The summed E-state index contributed by atoms with van der Waals surface area (Å²) in [5.74, 6) is -1.29. The van der Waals surface area contributed by atoms with Gasteiger partial charge in [0.1, 0.15) is 11.7 Å². The van der Waals surface area contributed by atoms with Gasteiger partial charge in [0.2, 0.25) is 0 Å². The molecule has 1 aromatic heterocycles. The maximum Gasteiger partial charge on any atom is 0.373 e. The zero-order valence-electron chi connectivity index (χ0n) is 18.0. The molecule has 1 heterocycles. The highest BCUT2D eigenvalue weighted by Gasteiger charge is 2.27. The largest absolute Gasteiger partial charge is 0.469 e. The summed E-state index contributed by atoms with van der Waals surface area (Å²) >= 11 is 6.01. The van der Waals surface area contributed by atoms with Gasteiger partial charge in [0.05, 0.1) is 12.8 Å². The number of methoxy groups -OCH3 is 1. The molecule has 0 bridgehead atoms. The van der Waals surface area contributed by atoms with Gasteiger partial charge in [-0.2, -0.15) is 0 Å². The minimum atomic E-state index is -0.762. The van der Waals surface area contributed by atoms with E-state index in [2.05, 4.69) is 10.2 Å². The Hall–Kier alpha value is -2.74. The van der Waals surface area contributed by atoms with E-state index in [1.54, 1.807) is 31.2 Å². The minimum absolute atomic E-state index is 0.227. The highest BCUT2D eigenvalue weighted by atomic mass is 35.5. The fourth-order valence-electron chi connectivity index (χ4n) is 3.72. The van der Waals surface area contributed by atoms with Crippen LogP contribution < -0.4 is 5.23 Å². The van der Waals surface area contributed by atoms with E-state index < -0.39 is 13.0 Å². The molecule has 3 aromatic rings. The highest BCUT2D eigenvalue weighted by Crippen LogP contribution is 2.27. The molecule has 8 heteroatoms. The number of carbonyl (C=O) groups excluding carboxylic acids is 1. The third-order valence-electron chi connectivity index (χ3n) is 5.20. The van der Waals surface area contributed by atoms with E-state index in [0.29, 0.717) is 29.1 Å². The molecule has 1 unspecified atom stereocenters. The fourth-order valence-corrected chi connectivity index (χ4v) is 3.89. The molecule has 0 spiro atoms. The first-order valence-corrected chi connectivity index (χ1v) is 10.7. The molecule has 2 N–H and O–H groups in total. The van der Waals surface area contributed by atoms with Crippen LogP contribution in [0.2, 0.25) is 11.8 Å². The van der Waals surface area contributed by atoms with Crippen molar-refractivity contribution in [1.82, 2.24) is 10.2 Å². The molecule has 0 saturated heterocycles. The number of aromatic nitrogens is 1. The zero-order valence-corrected chi connectivity index (χ0v) is 18.7. The first kappa shape index (κ1) is 23.9. The minimum Gasteiger partial charge on any atom is -0.469 e. The molecular formula is C24H25BClFN2O3. The summed E-state index contributed by atoms with van der Waals surface area (Å²) in [6.45, 7) is 1.63. The van der Waals surface area contributed by atoms with Gasteiger partial charge in [0.15, 0.2) is 0 Å². The topological polar surface area (TPSA) is 71.5 Å². The predicted octanol–water partition coefficient (Wildman–Crippen LogP) is 4.50. The molecule has 0 amide bonds. The normalized spacial score (nSPS) is 12.8. The molecule has 0 aliphatic rings. The summed E-state index contributed by atoms with van der Waals surface area (Å²) in [5, 5.41) is 13.5. The first-order valence-electron chi connectivity index (χ1n) is 10.3. The Morgan fingerprint density at radius 3 is 2.59 bits per heavy atom. The van der Waals surface area contributed by atoms with Crippen molar-refractivity contribution in [2.75, 3.05) is 7.11 Å². The van der Waals surface area contributed by atoms with Crippen LogP contribution >= 0.6 is 11.6 Å². The van der Waals surface area contributed by atoms with Crippen LogP contribution in [0.25, 0.3) is 11.1 Å². The van der Waals surface area contributed by atoms with Gasteiger partial charge in [-0.3, -0.25) is 9.78 Å². The number of esters is 1. The number of hydrogen-bond acceptors (Lipinski definition) is 5. The van der Waals surface area contributed by atoms with Crippen molar-refractivity contribution in [3.8, 4) is 11.1 Å². The molecule has 0 saturated carbocycles. The van der Waals surface area contributed by atoms with E-state index in [1.165, 1.54) is 19.2 Å². The van der Waals surface area contributed by atoms with E-state index in [1.807, 2.05) is 30.3 Å². The van der Waals surface area contributed by atoms with Crippen molar-refractivity contribution in [3.05, 3.63) is 89.0 Å². The van der Waals surface area contributed by atoms with E-state index in [0.717, 1.165) is 11.1 Å². The van der Waals surface area contributed by atoms with Crippen molar-refractivity contribution >= 4 is 24.6 Å². The average molecular weight is 455 g/mol. The summed E-state index contributed by atoms with van der Waals surface area (Å²) in [4.78, 5) is 16.8. The maximum absolute atomic E-state index is 14.2. The summed E-state index contributed by atoms with van der Waals surface area (Å²) in [6, 6.07) is 17.1. The average Bonchev–Trinajstić information content (AvgIpc) is 2.79. The number of nitrogens with one attached hydrogen (secondary N) is 1. The van der Waals surface area contributed by atoms with Crippen LogP contribution in [-0.2, 0) is 16.0 Å². The van der Waals surface area contributed by atoms with Crippen LogP contribution in [0.15, 0.2) is 66.9 Å². The molecular weight excluding hydrogens is 430 g/mol. The predicted molar refractivity (Wildman–Crippen MR) is 125 cm³/mol. The molecule has 0 aliphatic heterocycles. The fraction of sp³-hybridized carbons (Fsp3) is 0.250. The summed E-state index contributed by atoms with van der Waals surface area (Å²) in [6.07, 6.45) is 2.57.